The molecule has 1 aliphatic carbocycles. The third-order valence-electron chi connectivity index (χ3n) is 2.92. The van der Waals surface area contributed by atoms with Crippen LogP contribution in [0.3, 0.4) is 0 Å². The number of carbonyl (C=O) groups excluding carboxylic acids is 1. The fraction of sp³-hybridized carbons (Fsp3) is 0.889. The van der Waals surface area contributed by atoms with Gasteiger partial charge in [0.1, 0.15) is 5.54 Å². The van der Waals surface area contributed by atoms with E-state index in [0.717, 1.165) is 19.3 Å². The summed E-state index contributed by atoms with van der Waals surface area (Å²) in [6.45, 7) is 2.02. The number of rotatable bonds is 1. The van der Waals surface area contributed by atoms with Crippen LogP contribution in [0, 0.1) is 5.92 Å². The Kier molecular flexibility index (Phi) is 4.71. The van der Waals surface area contributed by atoms with E-state index in [1.807, 2.05) is 6.92 Å². The molecule has 1 aliphatic rings. The van der Waals surface area contributed by atoms with Crippen LogP contribution in [0.2, 0.25) is 0 Å². The van der Waals surface area contributed by atoms with Crippen molar-refractivity contribution in [3.63, 3.8) is 0 Å². The minimum absolute atomic E-state index is 0. The van der Waals surface area contributed by atoms with Crippen molar-refractivity contribution in [2.45, 2.75) is 38.1 Å². The first-order valence-electron chi connectivity index (χ1n) is 4.48. The SMILES string of the molecule is COC(=O)C1(N)CCCCC1C.Cl. The van der Waals surface area contributed by atoms with Crippen LogP contribution >= 0.6 is 12.4 Å². The molecule has 3 nitrogen and oxygen atoms in total. The van der Waals surface area contributed by atoms with Gasteiger partial charge in [-0.15, -0.1) is 12.4 Å². The molecule has 0 saturated heterocycles. The number of esters is 1. The molecule has 2 unspecified atom stereocenters. The molecule has 1 fully saturated rings. The van der Waals surface area contributed by atoms with Crippen molar-refractivity contribution >= 4 is 18.4 Å². The summed E-state index contributed by atoms with van der Waals surface area (Å²) in [5.74, 6) is -0.00611. The first kappa shape index (κ1) is 12.7. The molecule has 78 valence electrons. The zero-order chi connectivity index (χ0) is 9.19. The van der Waals surface area contributed by atoms with Crippen molar-refractivity contribution in [2.75, 3.05) is 7.11 Å². The number of nitrogens with two attached hydrogens (primary N) is 1. The number of hydrogen-bond acceptors (Lipinski definition) is 3. The van der Waals surface area contributed by atoms with Crippen LogP contribution in [0.25, 0.3) is 0 Å². The molecule has 0 heterocycles. The van der Waals surface area contributed by atoms with E-state index in [1.165, 1.54) is 13.5 Å². The Labute approximate surface area is 85.4 Å². The van der Waals surface area contributed by atoms with E-state index >= 15 is 0 Å². The van der Waals surface area contributed by atoms with E-state index in [4.69, 9.17) is 10.5 Å². The Bertz CT molecular complexity index is 186. The van der Waals surface area contributed by atoms with Gasteiger partial charge in [-0.25, -0.2) is 0 Å². The molecule has 0 amide bonds. The van der Waals surface area contributed by atoms with Gasteiger partial charge in [0.25, 0.3) is 0 Å². The highest BCUT2D eigenvalue weighted by atomic mass is 35.5. The second-order valence-corrected chi connectivity index (χ2v) is 3.68. The fourth-order valence-corrected chi connectivity index (χ4v) is 1.87. The highest BCUT2D eigenvalue weighted by Crippen LogP contribution is 2.32. The van der Waals surface area contributed by atoms with Gasteiger partial charge in [0, 0.05) is 0 Å². The van der Waals surface area contributed by atoms with Gasteiger partial charge in [0.15, 0.2) is 0 Å². The number of halogens is 1. The number of carbonyl (C=O) groups is 1. The molecule has 0 radical (unpaired) electrons. The van der Waals surface area contributed by atoms with Gasteiger partial charge in [0.05, 0.1) is 7.11 Å². The number of hydrogen-bond donors (Lipinski definition) is 1. The summed E-state index contributed by atoms with van der Waals surface area (Å²) in [6, 6.07) is 0. The molecule has 13 heavy (non-hydrogen) atoms. The molecule has 0 aliphatic heterocycles. The maximum absolute atomic E-state index is 11.4. The van der Waals surface area contributed by atoms with Gasteiger partial charge >= 0.3 is 5.97 Å². The lowest BCUT2D eigenvalue weighted by Crippen LogP contribution is -2.55. The lowest BCUT2D eigenvalue weighted by molar-refractivity contribution is -0.150. The highest BCUT2D eigenvalue weighted by Gasteiger charge is 2.42. The summed E-state index contributed by atoms with van der Waals surface area (Å²) < 4.78 is 4.70. The van der Waals surface area contributed by atoms with E-state index in [9.17, 15) is 4.79 Å². The molecule has 0 spiro atoms. The molecule has 4 heteroatoms. The van der Waals surface area contributed by atoms with E-state index in [-0.39, 0.29) is 24.3 Å². The van der Waals surface area contributed by atoms with E-state index in [0.29, 0.717) is 0 Å². The van der Waals surface area contributed by atoms with E-state index in [2.05, 4.69) is 0 Å². The van der Waals surface area contributed by atoms with Crippen molar-refractivity contribution < 1.29 is 9.53 Å². The molecule has 0 bridgehead atoms. The quantitative estimate of drug-likeness (QED) is 0.663. The monoisotopic (exact) mass is 207 g/mol. The third-order valence-corrected chi connectivity index (χ3v) is 2.92. The standard InChI is InChI=1S/C9H17NO2.ClH/c1-7-5-3-4-6-9(7,10)8(11)12-2;/h7H,3-6,10H2,1-2H3;1H. The molecule has 1 saturated carbocycles. The van der Waals surface area contributed by atoms with Crippen LogP contribution in [0.1, 0.15) is 32.6 Å². The van der Waals surface area contributed by atoms with Crippen LogP contribution in [0.4, 0.5) is 0 Å². The minimum Gasteiger partial charge on any atom is -0.468 e. The maximum atomic E-state index is 11.4. The van der Waals surface area contributed by atoms with Crippen molar-refractivity contribution in [1.29, 1.82) is 0 Å². The van der Waals surface area contributed by atoms with Crippen LogP contribution in [0.5, 0.6) is 0 Å². The predicted molar refractivity (Wildman–Crippen MR) is 53.8 cm³/mol. The molecule has 2 atom stereocenters. The van der Waals surface area contributed by atoms with Gasteiger partial charge < -0.3 is 10.5 Å². The third kappa shape index (κ3) is 2.35. The summed E-state index contributed by atoms with van der Waals surface area (Å²) in [5.41, 5.74) is 5.27. The molecular weight excluding hydrogens is 190 g/mol. The van der Waals surface area contributed by atoms with Gasteiger partial charge in [-0.2, -0.15) is 0 Å². The highest BCUT2D eigenvalue weighted by molar-refractivity contribution is 5.85. The molecule has 0 aromatic heterocycles. The zero-order valence-corrected chi connectivity index (χ0v) is 9.02. The number of ether oxygens (including phenoxy) is 1. The molecule has 0 aromatic rings. The normalized spacial score (nSPS) is 33.3. The largest absolute Gasteiger partial charge is 0.468 e. The Balaban J connectivity index is 0.00000144. The Morgan fingerprint density at radius 2 is 2.15 bits per heavy atom. The summed E-state index contributed by atoms with van der Waals surface area (Å²) in [5, 5.41) is 0. The van der Waals surface area contributed by atoms with Gasteiger partial charge in [0.2, 0.25) is 0 Å². The molecule has 0 aromatic carbocycles. The maximum Gasteiger partial charge on any atom is 0.326 e. The Morgan fingerprint density at radius 1 is 1.54 bits per heavy atom. The molecular formula is C9H18ClNO2. The summed E-state index contributed by atoms with van der Waals surface area (Å²) in [7, 11) is 1.40. The summed E-state index contributed by atoms with van der Waals surface area (Å²) >= 11 is 0. The first-order valence-corrected chi connectivity index (χ1v) is 4.48. The summed E-state index contributed by atoms with van der Waals surface area (Å²) in [6.07, 6.45) is 4.01. The van der Waals surface area contributed by atoms with Gasteiger partial charge in [-0.1, -0.05) is 19.8 Å². The Morgan fingerprint density at radius 3 is 2.62 bits per heavy atom. The van der Waals surface area contributed by atoms with Crippen LogP contribution in [-0.4, -0.2) is 18.6 Å². The second-order valence-electron chi connectivity index (χ2n) is 3.68. The van der Waals surface area contributed by atoms with Crippen molar-refractivity contribution in [1.82, 2.24) is 0 Å². The first-order chi connectivity index (χ1) is 5.61. The fourth-order valence-electron chi connectivity index (χ4n) is 1.87. The topological polar surface area (TPSA) is 52.3 Å². The van der Waals surface area contributed by atoms with Gasteiger partial charge in [-0.3, -0.25) is 4.79 Å². The Hall–Kier alpha value is -0.280. The zero-order valence-electron chi connectivity index (χ0n) is 8.21. The average Bonchev–Trinajstić information content (AvgIpc) is 2.09. The van der Waals surface area contributed by atoms with E-state index < -0.39 is 5.54 Å². The average molecular weight is 208 g/mol. The number of methoxy groups -OCH3 is 1. The van der Waals surface area contributed by atoms with Crippen molar-refractivity contribution in [3.05, 3.63) is 0 Å². The van der Waals surface area contributed by atoms with E-state index in [1.54, 1.807) is 0 Å². The molecule has 1 rings (SSSR count). The van der Waals surface area contributed by atoms with Crippen molar-refractivity contribution in [3.8, 4) is 0 Å². The van der Waals surface area contributed by atoms with Gasteiger partial charge in [-0.05, 0) is 18.8 Å². The van der Waals surface area contributed by atoms with Crippen LogP contribution in [0.15, 0.2) is 0 Å². The predicted octanol–water partition coefficient (Wildman–Crippen LogP) is 1.49. The smallest absolute Gasteiger partial charge is 0.326 e. The van der Waals surface area contributed by atoms with Crippen LogP contribution < -0.4 is 5.73 Å². The second kappa shape index (κ2) is 4.82. The lowest BCUT2D eigenvalue weighted by Gasteiger charge is -2.36. The lowest BCUT2D eigenvalue weighted by atomic mass is 9.74. The van der Waals surface area contributed by atoms with Crippen molar-refractivity contribution in [2.24, 2.45) is 11.7 Å². The molecule has 2 N–H and O–H groups in total. The minimum atomic E-state index is -0.715. The summed E-state index contributed by atoms with van der Waals surface area (Å²) in [4.78, 5) is 11.4. The van der Waals surface area contributed by atoms with Crippen LogP contribution in [-0.2, 0) is 9.53 Å².